The second kappa shape index (κ2) is 37.4. The van der Waals surface area contributed by atoms with E-state index in [9.17, 15) is 57.1 Å². The Bertz CT molecular complexity index is 2610. The third kappa shape index (κ3) is 23.0. The molecule has 12 amide bonds. The number of hydrogen-bond acceptors (Lipinski definition) is 12. The van der Waals surface area contributed by atoms with E-state index in [0.29, 0.717) is 83.7 Å². The molecule has 0 radical (unpaired) electrons. The number of carbonyl (C=O) groups excluding carboxylic acids is 12. The summed E-state index contributed by atoms with van der Waals surface area (Å²) >= 11 is 6.50. The maximum atomic E-state index is 15.1. The van der Waals surface area contributed by atoms with E-state index in [1.54, 1.807) is 11.8 Å². The van der Waals surface area contributed by atoms with Gasteiger partial charge in [0.1, 0.15) is 54.0 Å². The monoisotopic (exact) mass is 1350 g/mol. The van der Waals surface area contributed by atoms with Crippen LogP contribution in [0.5, 0.6) is 0 Å². The molecule has 4 aliphatic rings. The van der Waals surface area contributed by atoms with Gasteiger partial charge in [-0.3, -0.25) is 57.5 Å². The van der Waals surface area contributed by atoms with Gasteiger partial charge < -0.3 is 60.5 Å². The average Bonchev–Trinajstić information content (AvgIpc) is 0.818. The van der Waals surface area contributed by atoms with Crippen molar-refractivity contribution in [3.8, 4) is 0 Å². The molecule has 2 heterocycles. The van der Waals surface area contributed by atoms with Crippen LogP contribution in [0.4, 0.5) is 4.39 Å². The summed E-state index contributed by atoms with van der Waals surface area (Å²) in [6.45, 7) is 15.2. The lowest BCUT2D eigenvalue weighted by Gasteiger charge is -2.39. The molecule has 0 aromatic heterocycles. The Kier molecular flexibility index (Phi) is 31.9. The number of amides is 12. The van der Waals surface area contributed by atoms with Crippen molar-refractivity contribution < 1.29 is 61.9 Å². The molecule has 94 heavy (non-hydrogen) atoms. The lowest BCUT2D eigenvalue weighted by Crippen LogP contribution is -2.63. The van der Waals surface area contributed by atoms with Crippen LogP contribution in [0.15, 0.2) is 0 Å². The van der Waals surface area contributed by atoms with Crippen molar-refractivity contribution in [3.05, 3.63) is 0 Å². The van der Waals surface area contributed by atoms with Gasteiger partial charge in [0.15, 0.2) is 0 Å². The number of likely N-dealkylation sites (N-methyl/N-ethyl adjacent to an activating group) is 7. The predicted octanol–water partition coefficient (Wildman–Crippen LogP) is 4.87. The van der Waals surface area contributed by atoms with Gasteiger partial charge in [-0.15, -0.1) is 11.6 Å². The largest absolute Gasteiger partial charge is 0.343 e. The van der Waals surface area contributed by atoms with Crippen LogP contribution in [0.3, 0.4) is 0 Å². The summed E-state index contributed by atoms with van der Waals surface area (Å²) in [4.78, 5) is 186. The molecular formula is C68H116ClFN12O12. The first-order chi connectivity index (χ1) is 44.0. The molecule has 4 N–H and O–H groups in total. The van der Waals surface area contributed by atoms with Gasteiger partial charge in [-0.25, -0.2) is 4.39 Å². The smallest absolute Gasteiger partial charge is 0.246 e. The van der Waals surface area contributed by atoms with Gasteiger partial charge in [0.25, 0.3) is 0 Å². The second-order valence-corrected chi connectivity index (χ2v) is 29.5. The van der Waals surface area contributed by atoms with Gasteiger partial charge in [-0.1, -0.05) is 67.7 Å². The maximum Gasteiger partial charge on any atom is 0.246 e. The van der Waals surface area contributed by atoms with Crippen molar-refractivity contribution in [1.29, 1.82) is 0 Å². The lowest BCUT2D eigenvalue weighted by molar-refractivity contribution is -0.152. The van der Waals surface area contributed by atoms with Gasteiger partial charge in [-0.05, 0) is 146 Å². The Morgan fingerprint density at radius 1 is 0.564 bits per heavy atom. The van der Waals surface area contributed by atoms with E-state index >= 15 is 4.79 Å². The predicted molar refractivity (Wildman–Crippen MR) is 358 cm³/mol. The van der Waals surface area contributed by atoms with Gasteiger partial charge in [-0.2, -0.15) is 0 Å². The summed E-state index contributed by atoms with van der Waals surface area (Å²) in [6, 6.07) is -8.62. The van der Waals surface area contributed by atoms with Crippen molar-refractivity contribution in [2.75, 3.05) is 82.1 Å². The fraction of sp³-hybridized carbons (Fsp3) is 0.824. The van der Waals surface area contributed by atoms with Gasteiger partial charge in [0, 0.05) is 67.8 Å². The number of alkyl halides is 2. The molecule has 0 spiro atoms. The molecule has 2 aliphatic heterocycles. The van der Waals surface area contributed by atoms with Crippen LogP contribution >= 0.6 is 11.6 Å². The minimum Gasteiger partial charge on any atom is -0.343 e. The minimum absolute atomic E-state index is 0.0259. The summed E-state index contributed by atoms with van der Waals surface area (Å²) in [5, 5.41) is 11.4. The van der Waals surface area contributed by atoms with Gasteiger partial charge >= 0.3 is 0 Å². The molecule has 2 saturated heterocycles. The number of unbranched alkanes of at least 4 members (excludes halogenated alkanes) is 1. The number of hydrogen-bond donors (Lipinski definition) is 4. The number of nitrogens with zero attached hydrogens (tertiary/aromatic N) is 8. The highest BCUT2D eigenvalue weighted by molar-refractivity contribution is 6.20. The van der Waals surface area contributed by atoms with Crippen LogP contribution in [0.25, 0.3) is 0 Å². The highest BCUT2D eigenvalue weighted by Crippen LogP contribution is 2.33. The summed E-state index contributed by atoms with van der Waals surface area (Å²) < 4.78 is 14.5. The minimum atomic E-state index is -1.69. The van der Waals surface area contributed by atoms with Crippen LogP contribution < -0.4 is 21.3 Å². The Morgan fingerprint density at radius 2 is 1.12 bits per heavy atom. The van der Waals surface area contributed by atoms with Crippen molar-refractivity contribution in [2.24, 2.45) is 29.6 Å². The molecule has 2 aliphatic carbocycles. The number of rotatable bonds is 14. The van der Waals surface area contributed by atoms with E-state index in [4.69, 9.17) is 11.6 Å². The highest BCUT2D eigenvalue weighted by Gasteiger charge is 2.45. The summed E-state index contributed by atoms with van der Waals surface area (Å²) in [6.07, 6.45) is 6.99. The zero-order chi connectivity index (χ0) is 70.6. The SMILES string of the molecule is CCCC[C@@H]1NC(=O)[C@H](CC2CCC(F)CC2)NC(=O)CN(C)C(=O)[C@H](CC2CCC(Cl)CC2)N(C)C(=O)CN(C)C(=O)CN(C)C(=O)[C@H]([C@@H](C)CC)NC(=O)[C@H](CC(C)C)N(C)C(=O)C[C@@H](C(=O)N2CCCCC2)N(C)C(=O)[C@H](CC(C)C)NC(=O)C(C)(C)N(C)C1=O. The number of carbonyl (C=O) groups is 12. The zero-order valence-corrected chi connectivity index (χ0v) is 60.2. The average molecular weight is 1350 g/mol. The van der Waals surface area contributed by atoms with Crippen LogP contribution in [-0.2, 0) is 57.5 Å². The first-order valence-corrected chi connectivity index (χ1v) is 35.1. The second-order valence-electron chi connectivity index (χ2n) is 28.9. The zero-order valence-electron chi connectivity index (χ0n) is 59.5. The number of piperidine rings is 1. The Morgan fingerprint density at radius 3 is 1.69 bits per heavy atom. The molecule has 0 bridgehead atoms. The van der Waals surface area contributed by atoms with Crippen molar-refractivity contribution in [3.63, 3.8) is 0 Å². The summed E-state index contributed by atoms with van der Waals surface area (Å²) in [5.74, 6) is -8.81. The lowest BCUT2D eigenvalue weighted by atomic mass is 9.83. The highest BCUT2D eigenvalue weighted by atomic mass is 35.5. The summed E-state index contributed by atoms with van der Waals surface area (Å²) in [7, 11) is 9.92. The standard InChI is InChI=1S/C68H116ClFN12O12/c1-17-19-23-49-63(90)81(16)68(8,9)67(94)73-51(34-42(3)4)62(89)80(15)54(65(92)82-32-21-20-22-33-82)38-56(84)78(13)52(35-43(5)6)61(88)74-59(44(7)18-2)66(93)77(12)40-57(85)75(10)41-58(86)79(14)53(37-46-24-28-47(69)29-25-46)64(91)76(11)39-55(83)71-50(60(87)72-49)36-45-26-30-48(70)31-27-45/h42-54,59H,17-41H2,1-16H3,(H,71,83)(H,72,87)(H,73,94)(H,74,88)/t44-,45?,46?,47?,48?,49-,50-,51-,52-,53-,54-,59-/m0/s1. The number of nitrogens with one attached hydrogen (secondary N) is 4. The third-order valence-corrected chi connectivity index (χ3v) is 20.5. The molecule has 0 unspecified atom stereocenters. The fourth-order valence-corrected chi connectivity index (χ4v) is 13.3. The molecule has 0 aromatic carbocycles. The number of halogens is 2. The van der Waals surface area contributed by atoms with Crippen molar-refractivity contribution in [1.82, 2.24) is 60.5 Å². The van der Waals surface area contributed by atoms with E-state index in [1.807, 2.05) is 41.5 Å². The normalized spacial score (nSPS) is 29.1. The van der Waals surface area contributed by atoms with Gasteiger partial charge in [0.2, 0.25) is 70.9 Å². The molecule has 534 valence electrons. The van der Waals surface area contributed by atoms with Gasteiger partial charge in [0.05, 0.1) is 26.1 Å². The Balaban J connectivity index is 1.86. The Labute approximate surface area is 564 Å². The van der Waals surface area contributed by atoms with Crippen LogP contribution in [-0.4, -0.2) is 252 Å². The molecule has 2 saturated carbocycles. The molecule has 4 rings (SSSR count). The molecule has 0 aromatic rings. The third-order valence-electron chi connectivity index (χ3n) is 20.0. The summed E-state index contributed by atoms with van der Waals surface area (Å²) in [5.41, 5.74) is -1.69. The molecule has 4 fully saturated rings. The van der Waals surface area contributed by atoms with E-state index in [-0.39, 0.29) is 74.0 Å². The molecule has 24 nitrogen and oxygen atoms in total. The topological polar surface area (TPSA) is 279 Å². The van der Waals surface area contributed by atoms with Crippen LogP contribution in [0.2, 0.25) is 0 Å². The molecular weight excluding hydrogens is 1230 g/mol. The first-order valence-electron chi connectivity index (χ1n) is 34.6. The van der Waals surface area contributed by atoms with Crippen molar-refractivity contribution >= 4 is 82.5 Å². The quantitative estimate of drug-likeness (QED) is 0.170. The van der Waals surface area contributed by atoms with E-state index in [1.165, 1.54) is 87.7 Å². The number of likely N-dealkylation sites (tertiary alicyclic amines) is 1. The van der Waals surface area contributed by atoms with Crippen LogP contribution in [0, 0.1) is 29.6 Å². The van der Waals surface area contributed by atoms with E-state index in [0.717, 1.165) is 16.2 Å². The molecule has 26 heteroatoms. The van der Waals surface area contributed by atoms with E-state index < -0.39 is 157 Å². The molecule has 8 atom stereocenters. The first kappa shape index (κ1) is 80.3. The maximum absolute atomic E-state index is 15.1. The Hall–Kier alpha value is -6.14. The fourth-order valence-electron chi connectivity index (χ4n) is 13.1. The van der Waals surface area contributed by atoms with Crippen molar-refractivity contribution in [2.45, 2.75) is 250 Å². The van der Waals surface area contributed by atoms with Crippen LogP contribution in [0.1, 0.15) is 191 Å². The van der Waals surface area contributed by atoms with E-state index in [2.05, 4.69) is 21.3 Å².